The molecule has 1 saturated heterocycles. The number of piperazine rings is 1. The number of anilines is 1. The van der Waals surface area contributed by atoms with E-state index in [4.69, 9.17) is 9.84 Å². The van der Waals surface area contributed by atoms with Gasteiger partial charge in [-0.15, -0.1) is 0 Å². The predicted molar refractivity (Wildman–Crippen MR) is 69.4 cm³/mol. The lowest BCUT2D eigenvalue weighted by Gasteiger charge is -2.34. The van der Waals surface area contributed by atoms with Gasteiger partial charge in [0, 0.05) is 19.6 Å². The summed E-state index contributed by atoms with van der Waals surface area (Å²) in [6, 6.07) is 6.43. The average molecular weight is 264 g/mol. The summed E-state index contributed by atoms with van der Waals surface area (Å²) in [5, 5.41) is 12.0. The number of aliphatic carboxylic acids is 1. The Hall–Kier alpha value is -2.08. The zero-order chi connectivity index (χ0) is 13.8. The molecule has 6 heteroatoms. The van der Waals surface area contributed by atoms with Crippen LogP contribution in [-0.4, -0.2) is 49.8 Å². The Labute approximate surface area is 111 Å². The Morgan fingerprint density at radius 1 is 1.42 bits per heavy atom. The number of carbonyl (C=O) groups is 2. The van der Waals surface area contributed by atoms with Crippen LogP contribution in [-0.2, 0) is 9.53 Å². The third kappa shape index (κ3) is 2.85. The van der Waals surface area contributed by atoms with Crippen LogP contribution in [0.15, 0.2) is 24.3 Å². The van der Waals surface area contributed by atoms with Crippen molar-refractivity contribution in [2.24, 2.45) is 0 Å². The molecular weight excluding hydrogens is 248 g/mol. The van der Waals surface area contributed by atoms with E-state index < -0.39 is 18.0 Å². The first-order valence-electron chi connectivity index (χ1n) is 6.02. The van der Waals surface area contributed by atoms with E-state index >= 15 is 0 Å². The number of para-hydroxylation sites is 1. The molecule has 0 saturated carbocycles. The summed E-state index contributed by atoms with van der Waals surface area (Å²) in [5.41, 5.74) is 1.16. The molecule has 1 unspecified atom stereocenters. The van der Waals surface area contributed by atoms with Crippen LogP contribution in [0.5, 0.6) is 0 Å². The van der Waals surface area contributed by atoms with Crippen molar-refractivity contribution in [1.29, 1.82) is 0 Å². The van der Waals surface area contributed by atoms with Crippen LogP contribution in [0.1, 0.15) is 10.4 Å². The van der Waals surface area contributed by atoms with E-state index in [0.29, 0.717) is 30.9 Å². The number of carboxylic acid groups (broad SMARTS) is 1. The number of hydrogen-bond acceptors (Lipinski definition) is 5. The highest BCUT2D eigenvalue weighted by Gasteiger charge is 2.27. The molecule has 0 aromatic heterocycles. The molecule has 6 nitrogen and oxygen atoms in total. The second-order valence-electron chi connectivity index (χ2n) is 4.30. The second-order valence-corrected chi connectivity index (χ2v) is 4.30. The van der Waals surface area contributed by atoms with Gasteiger partial charge in [0.2, 0.25) is 0 Å². The number of ether oxygens (including phenoxy) is 1. The van der Waals surface area contributed by atoms with E-state index in [1.54, 1.807) is 18.2 Å². The van der Waals surface area contributed by atoms with E-state index in [2.05, 4.69) is 5.32 Å². The minimum atomic E-state index is -0.889. The largest absolute Gasteiger partial charge is 0.480 e. The molecule has 0 spiro atoms. The molecule has 2 rings (SSSR count). The Balaban J connectivity index is 2.26. The Morgan fingerprint density at radius 2 is 2.16 bits per heavy atom. The van der Waals surface area contributed by atoms with Crippen molar-refractivity contribution in [3.05, 3.63) is 29.8 Å². The topological polar surface area (TPSA) is 78.9 Å². The van der Waals surface area contributed by atoms with Gasteiger partial charge in [-0.1, -0.05) is 12.1 Å². The van der Waals surface area contributed by atoms with Gasteiger partial charge >= 0.3 is 11.9 Å². The lowest BCUT2D eigenvalue weighted by atomic mass is 10.1. The maximum atomic E-state index is 11.7. The van der Waals surface area contributed by atoms with Crippen molar-refractivity contribution < 1.29 is 19.4 Å². The maximum absolute atomic E-state index is 11.7. The summed E-state index contributed by atoms with van der Waals surface area (Å²) in [7, 11) is 1.33. The molecule has 0 aliphatic carbocycles. The van der Waals surface area contributed by atoms with Gasteiger partial charge in [0.1, 0.15) is 6.04 Å². The first-order valence-corrected chi connectivity index (χ1v) is 6.02. The molecule has 0 radical (unpaired) electrons. The Morgan fingerprint density at radius 3 is 2.84 bits per heavy atom. The number of benzene rings is 1. The molecule has 1 aromatic rings. The molecule has 1 aliphatic heterocycles. The third-order valence-corrected chi connectivity index (χ3v) is 3.12. The van der Waals surface area contributed by atoms with Crippen LogP contribution >= 0.6 is 0 Å². The van der Waals surface area contributed by atoms with Crippen LogP contribution in [0.25, 0.3) is 0 Å². The summed E-state index contributed by atoms with van der Waals surface area (Å²) >= 11 is 0. The van der Waals surface area contributed by atoms with Gasteiger partial charge in [0.05, 0.1) is 18.4 Å². The summed E-state index contributed by atoms with van der Waals surface area (Å²) in [5.74, 6) is -1.30. The van der Waals surface area contributed by atoms with Crippen molar-refractivity contribution in [3.63, 3.8) is 0 Å². The van der Waals surface area contributed by atoms with Crippen molar-refractivity contribution in [3.8, 4) is 0 Å². The van der Waals surface area contributed by atoms with Crippen molar-refractivity contribution in [2.75, 3.05) is 31.6 Å². The molecule has 1 atom stereocenters. The lowest BCUT2D eigenvalue weighted by molar-refractivity contribution is -0.139. The third-order valence-electron chi connectivity index (χ3n) is 3.12. The zero-order valence-corrected chi connectivity index (χ0v) is 10.6. The maximum Gasteiger partial charge on any atom is 0.339 e. The summed E-state index contributed by atoms with van der Waals surface area (Å²) < 4.78 is 4.74. The summed E-state index contributed by atoms with van der Waals surface area (Å²) in [6.45, 7) is 1.54. The van der Waals surface area contributed by atoms with Gasteiger partial charge in [-0.25, -0.2) is 4.79 Å². The minimum Gasteiger partial charge on any atom is -0.480 e. The number of methoxy groups -OCH3 is 1. The first-order chi connectivity index (χ1) is 9.13. The Kier molecular flexibility index (Phi) is 4.01. The van der Waals surface area contributed by atoms with Gasteiger partial charge in [-0.3, -0.25) is 4.79 Å². The van der Waals surface area contributed by atoms with E-state index in [9.17, 15) is 9.59 Å². The number of carboxylic acids is 1. The van der Waals surface area contributed by atoms with Gasteiger partial charge < -0.3 is 20.1 Å². The standard InChI is InChI=1S/C13H16N2O4/c1-19-13(18)9-4-2-3-5-11(9)15-7-6-14-10(8-15)12(16)17/h2-5,10,14H,6-8H2,1H3,(H,16,17). The minimum absolute atomic E-state index is 0.323. The van der Waals surface area contributed by atoms with Gasteiger partial charge in [0.15, 0.2) is 0 Å². The van der Waals surface area contributed by atoms with E-state index in [-0.39, 0.29) is 0 Å². The molecule has 0 amide bonds. The smallest absolute Gasteiger partial charge is 0.339 e. The zero-order valence-electron chi connectivity index (χ0n) is 10.6. The summed E-state index contributed by atoms with van der Waals surface area (Å²) in [4.78, 5) is 24.6. The molecule has 1 aliphatic rings. The van der Waals surface area contributed by atoms with Gasteiger partial charge in [-0.05, 0) is 12.1 Å². The van der Waals surface area contributed by atoms with Crippen molar-refractivity contribution in [2.45, 2.75) is 6.04 Å². The average Bonchev–Trinajstić information content (AvgIpc) is 2.46. The highest BCUT2D eigenvalue weighted by atomic mass is 16.5. The van der Waals surface area contributed by atoms with Gasteiger partial charge in [0.25, 0.3) is 0 Å². The second kappa shape index (κ2) is 5.71. The number of esters is 1. The van der Waals surface area contributed by atoms with Crippen LogP contribution in [0, 0.1) is 0 Å². The monoisotopic (exact) mass is 264 g/mol. The molecule has 1 aromatic carbocycles. The van der Waals surface area contributed by atoms with Crippen LogP contribution in [0.4, 0.5) is 5.69 Å². The predicted octanol–water partition coefficient (Wildman–Crippen LogP) is 0.336. The highest BCUT2D eigenvalue weighted by Crippen LogP contribution is 2.22. The SMILES string of the molecule is COC(=O)c1ccccc1N1CCNC(C(=O)O)C1. The summed E-state index contributed by atoms with van der Waals surface area (Å²) in [6.07, 6.45) is 0. The molecule has 1 heterocycles. The highest BCUT2D eigenvalue weighted by molar-refractivity contribution is 5.96. The van der Waals surface area contributed by atoms with E-state index in [1.807, 2.05) is 11.0 Å². The number of rotatable bonds is 3. The van der Waals surface area contributed by atoms with E-state index in [1.165, 1.54) is 7.11 Å². The molecular formula is C13H16N2O4. The van der Waals surface area contributed by atoms with Gasteiger partial charge in [-0.2, -0.15) is 0 Å². The molecule has 102 valence electrons. The molecule has 19 heavy (non-hydrogen) atoms. The molecule has 2 N–H and O–H groups in total. The molecule has 1 fully saturated rings. The van der Waals surface area contributed by atoms with E-state index in [0.717, 1.165) is 0 Å². The fourth-order valence-corrected chi connectivity index (χ4v) is 2.17. The Bertz CT molecular complexity index is 489. The fourth-order valence-electron chi connectivity index (χ4n) is 2.17. The first kappa shape index (κ1) is 13.4. The number of hydrogen-bond donors (Lipinski definition) is 2. The lowest BCUT2D eigenvalue weighted by Crippen LogP contribution is -2.54. The van der Waals surface area contributed by atoms with Crippen molar-refractivity contribution in [1.82, 2.24) is 5.32 Å². The van der Waals surface area contributed by atoms with Crippen molar-refractivity contribution >= 4 is 17.6 Å². The van der Waals surface area contributed by atoms with Crippen LogP contribution < -0.4 is 10.2 Å². The fraction of sp³-hybridized carbons (Fsp3) is 0.385. The number of nitrogens with zero attached hydrogens (tertiary/aromatic N) is 1. The normalized spacial score (nSPS) is 19.0. The quantitative estimate of drug-likeness (QED) is 0.766. The number of nitrogens with one attached hydrogen (secondary N) is 1. The molecule has 0 bridgehead atoms. The van der Waals surface area contributed by atoms with Crippen LogP contribution in [0.2, 0.25) is 0 Å². The van der Waals surface area contributed by atoms with Crippen LogP contribution in [0.3, 0.4) is 0 Å². The number of carbonyl (C=O) groups excluding carboxylic acids is 1.